The molecule has 0 saturated heterocycles. The molecule has 1 amide bonds. The SMILES string of the molecule is NC(=O)C1C=CC2=C(C1)Nc1ccccc1C=N2. The Bertz CT molecular complexity index is 599. The summed E-state index contributed by atoms with van der Waals surface area (Å²) in [5, 5.41) is 3.34. The summed E-state index contributed by atoms with van der Waals surface area (Å²) in [5.74, 6) is -0.558. The number of primary amides is 1. The summed E-state index contributed by atoms with van der Waals surface area (Å²) in [7, 11) is 0. The number of nitrogens with two attached hydrogens (primary N) is 1. The number of nitrogens with zero attached hydrogens (tertiary/aromatic N) is 1. The van der Waals surface area contributed by atoms with E-state index in [0.717, 1.165) is 22.6 Å². The van der Waals surface area contributed by atoms with Gasteiger partial charge in [-0.25, -0.2) is 0 Å². The summed E-state index contributed by atoms with van der Waals surface area (Å²) < 4.78 is 0. The van der Waals surface area contributed by atoms with E-state index in [-0.39, 0.29) is 11.8 Å². The molecule has 1 aromatic rings. The predicted molar refractivity (Wildman–Crippen MR) is 71.1 cm³/mol. The van der Waals surface area contributed by atoms with Crippen LogP contribution >= 0.6 is 0 Å². The smallest absolute Gasteiger partial charge is 0.224 e. The Morgan fingerprint density at radius 1 is 1.39 bits per heavy atom. The molecule has 1 heterocycles. The minimum absolute atomic E-state index is 0.253. The van der Waals surface area contributed by atoms with Crippen LogP contribution < -0.4 is 11.1 Å². The van der Waals surface area contributed by atoms with E-state index in [1.165, 1.54) is 0 Å². The first-order valence-corrected chi connectivity index (χ1v) is 5.85. The summed E-state index contributed by atoms with van der Waals surface area (Å²) in [4.78, 5) is 15.7. The molecular formula is C14H13N3O. The summed E-state index contributed by atoms with van der Waals surface area (Å²) in [6.45, 7) is 0. The Hall–Kier alpha value is -2.36. The van der Waals surface area contributed by atoms with Gasteiger partial charge in [0.05, 0.1) is 11.6 Å². The van der Waals surface area contributed by atoms with Crippen molar-refractivity contribution in [1.29, 1.82) is 0 Å². The summed E-state index contributed by atoms with van der Waals surface area (Å²) in [6, 6.07) is 7.93. The van der Waals surface area contributed by atoms with Gasteiger partial charge in [0.2, 0.25) is 5.91 Å². The zero-order valence-corrected chi connectivity index (χ0v) is 9.76. The quantitative estimate of drug-likeness (QED) is 0.784. The second-order valence-corrected chi connectivity index (χ2v) is 4.41. The highest BCUT2D eigenvalue weighted by Gasteiger charge is 2.22. The third-order valence-electron chi connectivity index (χ3n) is 3.17. The third-order valence-corrected chi connectivity index (χ3v) is 3.17. The molecule has 1 aliphatic heterocycles. The van der Waals surface area contributed by atoms with Gasteiger partial charge >= 0.3 is 0 Å². The van der Waals surface area contributed by atoms with Crippen LogP contribution in [0.2, 0.25) is 0 Å². The number of benzene rings is 1. The van der Waals surface area contributed by atoms with Gasteiger partial charge in [-0.1, -0.05) is 24.3 Å². The largest absolute Gasteiger partial charge is 0.369 e. The fourth-order valence-corrected chi connectivity index (χ4v) is 2.16. The van der Waals surface area contributed by atoms with Crippen LogP contribution in [0.1, 0.15) is 12.0 Å². The summed E-state index contributed by atoms with van der Waals surface area (Å²) in [6.07, 6.45) is 6.08. The normalized spacial score (nSPS) is 20.8. The molecule has 0 bridgehead atoms. The minimum atomic E-state index is -0.305. The number of rotatable bonds is 1. The lowest BCUT2D eigenvalue weighted by molar-refractivity contribution is -0.120. The number of para-hydroxylation sites is 1. The van der Waals surface area contributed by atoms with E-state index in [2.05, 4.69) is 10.3 Å². The number of nitrogens with one attached hydrogen (secondary N) is 1. The van der Waals surface area contributed by atoms with E-state index in [9.17, 15) is 4.79 Å². The van der Waals surface area contributed by atoms with Crippen molar-refractivity contribution < 1.29 is 4.79 Å². The Morgan fingerprint density at radius 2 is 2.22 bits per heavy atom. The van der Waals surface area contributed by atoms with Crippen LogP contribution in [0.4, 0.5) is 5.69 Å². The van der Waals surface area contributed by atoms with Crippen molar-refractivity contribution in [3.63, 3.8) is 0 Å². The number of amides is 1. The molecule has 4 heteroatoms. The fraction of sp³-hybridized carbons (Fsp3) is 0.143. The predicted octanol–water partition coefficient (Wildman–Crippen LogP) is 1.80. The highest BCUT2D eigenvalue weighted by atomic mass is 16.1. The molecule has 0 radical (unpaired) electrons. The van der Waals surface area contributed by atoms with Gasteiger partial charge < -0.3 is 11.1 Å². The molecule has 0 saturated carbocycles. The Kier molecular flexibility index (Phi) is 2.48. The zero-order chi connectivity index (χ0) is 12.5. The van der Waals surface area contributed by atoms with E-state index in [4.69, 9.17) is 5.73 Å². The van der Waals surface area contributed by atoms with E-state index in [0.29, 0.717) is 6.42 Å². The maximum absolute atomic E-state index is 11.2. The molecule has 1 aromatic carbocycles. The van der Waals surface area contributed by atoms with Crippen LogP contribution in [0.15, 0.2) is 52.8 Å². The molecule has 4 nitrogen and oxygen atoms in total. The van der Waals surface area contributed by atoms with Crippen molar-refractivity contribution in [3.8, 4) is 0 Å². The van der Waals surface area contributed by atoms with Gasteiger partial charge in [-0.2, -0.15) is 0 Å². The van der Waals surface area contributed by atoms with E-state index >= 15 is 0 Å². The van der Waals surface area contributed by atoms with Crippen LogP contribution in [0.3, 0.4) is 0 Å². The average Bonchev–Trinajstić information content (AvgIpc) is 2.56. The molecule has 1 atom stereocenters. The van der Waals surface area contributed by atoms with Gasteiger partial charge in [0.1, 0.15) is 0 Å². The van der Waals surface area contributed by atoms with Crippen molar-refractivity contribution in [3.05, 3.63) is 53.4 Å². The van der Waals surface area contributed by atoms with Gasteiger partial charge in [0.25, 0.3) is 0 Å². The van der Waals surface area contributed by atoms with E-state index in [1.807, 2.05) is 42.6 Å². The highest BCUT2D eigenvalue weighted by Crippen LogP contribution is 2.29. The molecule has 1 unspecified atom stereocenters. The Morgan fingerprint density at radius 3 is 3.06 bits per heavy atom. The molecule has 1 aliphatic carbocycles. The number of carbonyl (C=O) groups excluding carboxylic acids is 1. The van der Waals surface area contributed by atoms with Crippen LogP contribution in [0.5, 0.6) is 0 Å². The van der Waals surface area contributed by atoms with Crippen molar-refractivity contribution in [2.45, 2.75) is 6.42 Å². The number of carbonyl (C=O) groups is 1. The molecule has 90 valence electrons. The van der Waals surface area contributed by atoms with Gasteiger partial charge in [-0.3, -0.25) is 9.79 Å². The molecule has 0 spiro atoms. The van der Waals surface area contributed by atoms with Crippen LogP contribution in [-0.2, 0) is 4.79 Å². The van der Waals surface area contributed by atoms with E-state index < -0.39 is 0 Å². The molecule has 0 aromatic heterocycles. The number of aliphatic imine (C=N–C) groups is 1. The molecule has 18 heavy (non-hydrogen) atoms. The molecule has 3 rings (SSSR count). The molecule has 2 aliphatic rings. The maximum atomic E-state index is 11.2. The molecule has 3 N–H and O–H groups in total. The second kappa shape index (κ2) is 4.14. The fourth-order valence-electron chi connectivity index (χ4n) is 2.16. The lowest BCUT2D eigenvalue weighted by Crippen LogP contribution is -2.25. The lowest BCUT2D eigenvalue weighted by Gasteiger charge is -2.19. The molecule has 0 fully saturated rings. The average molecular weight is 239 g/mol. The maximum Gasteiger partial charge on any atom is 0.224 e. The van der Waals surface area contributed by atoms with E-state index in [1.54, 1.807) is 0 Å². The topological polar surface area (TPSA) is 67.5 Å². The van der Waals surface area contributed by atoms with Gasteiger partial charge in [-0.15, -0.1) is 0 Å². The number of anilines is 1. The van der Waals surface area contributed by atoms with Gasteiger partial charge in [0, 0.05) is 29.6 Å². The van der Waals surface area contributed by atoms with Gasteiger partial charge in [-0.05, 0) is 12.1 Å². The first-order chi connectivity index (χ1) is 8.74. The standard InChI is InChI=1S/C14H13N3O/c15-14(18)9-5-6-12-13(7-9)17-11-4-2-1-3-10(11)8-16-12/h1-6,8-9,17H,7H2,(H2,15,18). The Labute approximate surface area is 105 Å². The lowest BCUT2D eigenvalue weighted by atomic mass is 9.96. The first kappa shape index (κ1) is 10.8. The van der Waals surface area contributed by atoms with Crippen molar-refractivity contribution in [2.24, 2.45) is 16.6 Å². The second-order valence-electron chi connectivity index (χ2n) is 4.41. The van der Waals surface area contributed by atoms with Gasteiger partial charge in [0.15, 0.2) is 0 Å². The van der Waals surface area contributed by atoms with Crippen LogP contribution in [-0.4, -0.2) is 12.1 Å². The van der Waals surface area contributed by atoms with Crippen molar-refractivity contribution in [1.82, 2.24) is 0 Å². The number of hydrogen-bond donors (Lipinski definition) is 2. The van der Waals surface area contributed by atoms with Crippen LogP contribution in [0, 0.1) is 5.92 Å². The Balaban J connectivity index is 1.97. The molecular weight excluding hydrogens is 226 g/mol. The monoisotopic (exact) mass is 239 g/mol. The number of allylic oxidation sites excluding steroid dienone is 2. The van der Waals surface area contributed by atoms with Crippen molar-refractivity contribution >= 4 is 17.8 Å². The van der Waals surface area contributed by atoms with Crippen molar-refractivity contribution in [2.75, 3.05) is 5.32 Å². The minimum Gasteiger partial charge on any atom is -0.369 e. The first-order valence-electron chi connectivity index (χ1n) is 5.85. The highest BCUT2D eigenvalue weighted by molar-refractivity contribution is 5.90. The third kappa shape index (κ3) is 1.82. The zero-order valence-electron chi connectivity index (χ0n) is 9.76. The number of hydrogen-bond acceptors (Lipinski definition) is 3. The summed E-state index contributed by atoms with van der Waals surface area (Å²) in [5.41, 5.74) is 9.20. The number of fused-ring (bicyclic) bond motifs is 1. The van der Waals surface area contributed by atoms with Crippen LogP contribution in [0.25, 0.3) is 0 Å². The summed E-state index contributed by atoms with van der Waals surface area (Å²) >= 11 is 0.